The lowest BCUT2D eigenvalue weighted by Gasteiger charge is -2.13. The van der Waals surface area contributed by atoms with Crippen molar-refractivity contribution in [2.75, 3.05) is 0 Å². The Morgan fingerprint density at radius 2 is 1.52 bits per heavy atom. The molecule has 2 aromatic carbocycles. The third-order valence-corrected chi connectivity index (χ3v) is 3.96. The van der Waals surface area contributed by atoms with Gasteiger partial charge in [-0.3, -0.25) is 0 Å². The van der Waals surface area contributed by atoms with Crippen molar-refractivity contribution < 1.29 is 0 Å². The first-order valence-electron chi connectivity index (χ1n) is 8.17. The molecule has 0 saturated heterocycles. The highest BCUT2D eigenvalue weighted by Gasteiger charge is 2.02. The summed E-state index contributed by atoms with van der Waals surface area (Å²) in [6, 6.07) is 20.0. The van der Waals surface area contributed by atoms with Crippen molar-refractivity contribution >= 4 is 0 Å². The Bertz CT molecular complexity index is 501. The average Bonchev–Trinajstić information content (AvgIpc) is 2.54. The van der Waals surface area contributed by atoms with Crippen LogP contribution in [0.1, 0.15) is 45.1 Å². The van der Waals surface area contributed by atoms with Gasteiger partial charge in [0, 0.05) is 12.6 Å². The van der Waals surface area contributed by atoms with E-state index in [-0.39, 0.29) is 0 Å². The summed E-state index contributed by atoms with van der Waals surface area (Å²) in [5, 5.41) is 3.62. The van der Waals surface area contributed by atoms with E-state index < -0.39 is 0 Å². The first-order chi connectivity index (χ1) is 10.3. The average molecular weight is 281 g/mol. The Labute approximate surface area is 129 Å². The van der Waals surface area contributed by atoms with Crippen LogP contribution in [-0.2, 0) is 6.54 Å². The highest BCUT2D eigenvalue weighted by Crippen LogP contribution is 2.19. The molecule has 1 nitrogen and oxygen atoms in total. The number of rotatable bonds is 8. The molecule has 0 amide bonds. The van der Waals surface area contributed by atoms with Crippen molar-refractivity contribution in [1.82, 2.24) is 5.32 Å². The smallest absolute Gasteiger partial charge is 0.0207 e. The monoisotopic (exact) mass is 281 g/mol. The van der Waals surface area contributed by atoms with E-state index in [0.717, 1.165) is 6.54 Å². The van der Waals surface area contributed by atoms with Crippen LogP contribution in [-0.4, -0.2) is 6.04 Å². The van der Waals surface area contributed by atoms with Crippen LogP contribution in [0.2, 0.25) is 0 Å². The molecular formula is C20H27N. The van der Waals surface area contributed by atoms with Gasteiger partial charge in [0.2, 0.25) is 0 Å². The molecule has 1 atom stereocenters. The molecule has 0 aliphatic rings. The molecule has 0 saturated carbocycles. The molecule has 2 rings (SSSR count). The van der Waals surface area contributed by atoms with Gasteiger partial charge < -0.3 is 5.32 Å². The molecule has 0 aromatic heterocycles. The molecule has 0 spiro atoms. The Morgan fingerprint density at radius 1 is 0.857 bits per heavy atom. The molecule has 0 radical (unpaired) electrons. The summed E-state index contributed by atoms with van der Waals surface area (Å²) in [6.45, 7) is 5.50. The summed E-state index contributed by atoms with van der Waals surface area (Å²) in [5.74, 6) is 0. The molecule has 1 heteroatoms. The summed E-state index contributed by atoms with van der Waals surface area (Å²) in [4.78, 5) is 0. The fourth-order valence-electron chi connectivity index (χ4n) is 2.54. The topological polar surface area (TPSA) is 12.0 Å². The van der Waals surface area contributed by atoms with E-state index in [4.69, 9.17) is 0 Å². The third kappa shape index (κ3) is 5.35. The van der Waals surface area contributed by atoms with Crippen LogP contribution in [0.4, 0.5) is 0 Å². The second kappa shape index (κ2) is 8.63. The minimum Gasteiger partial charge on any atom is -0.310 e. The van der Waals surface area contributed by atoms with Gasteiger partial charge in [-0.1, -0.05) is 80.8 Å². The Hall–Kier alpha value is -1.60. The lowest BCUT2D eigenvalue weighted by molar-refractivity contribution is 0.487. The van der Waals surface area contributed by atoms with Crippen LogP contribution in [0.3, 0.4) is 0 Å². The zero-order chi connectivity index (χ0) is 14.9. The summed E-state index contributed by atoms with van der Waals surface area (Å²) in [6.07, 6.45) is 5.25. The predicted molar refractivity (Wildman–Crippen MR) is 92.3 cm³/mol. The maximum atomic E-state index is 3.62. The first kappa shape index (κ1) is 15.8. The van der Waals surface area contributed by atoms with Gasteiger partial charge in [-0.2, -0.15) is 0 Å². The van der Waals surface area contributed by atoms with Crippen molar-refractivity contribution in [2.24, 2.45) is 0 Å². The quantitative estimate of drug-likeness (QED) is 0.638. The van der Waals surface area contributed by atoms with Crippen LogP contribution < -0.4 is 5.32 Å². The molecule has 0 aliphatic carbocycles. The van der Waals surface area contributed by atoms with E-state index in [1.54, 1.807) is 0 Å². The Balaban J connectivity index is 1.83. The van der Waals surface area contributed by atoms with Crippen molar-refractivity contribution in [3.8, 4) is 11.1 Å². The molecule has 0 heterocycles. The van der Waals surface area contributed by atoms with Gasteiger partial charge in [-0.05, 0) is 30.0 Å². The lowest BCUT2D eigenvalue weighted by atomic mass is 10.0. The van der Waals surface area contributed by atoms with Gasteiger partial charge >= 0.3 is 0 Å². The van der Waals surface area contributed by atoms with Crippen LogP contribution in [0.25, 0.3) is 11.1 Å². The van der Waals surface area contributed by atoms with Crippen molar-refractivity contribution in [3.63, 3.8) is 0 Å². The number of hydrogen-bond acceptors (Lipinski definition) is 1. The fraction of sp³-hybridized carbons (Fsp3) is 0.400. The van der Waals surface area contributed by atoms with Gasteiger partial charge in [0.05, 0.1) is 0 Å². The molecular weight excluding hydrogens is 254 g/mol. The van der Waals surface area contributed by atoms with Crippen molar-refractivity contribution in [2.45, 2.75) is 52.1 Å². The lowest BCUT2D eigenvalue weighted by Crippen LogP contribution is -2.25. The van der Waals surface area contributed by atoms with E-state index in [0.29, 0.717) is 6.04 Å². The maximum Gasteiger partial charge on any atom is 0.0207 e. The van der Waals surface area contributed by atoms with Crippen molar-refractivity contribution in [1.29, 1.82) is 0 Å². The highest BCUT2D eigenvalue weighted by molar-refractivity contribution is 5.63. The molecule has 1 N–H and O–H groups in total. The molecule has 0 bridgehead atoms. The van der Waals surface area contributed by atoms with Crippen LogP contribution >= 0.6 is 0 Å². The molecule has 21 heavy (non-hydrogen) atoms. The van der Waals surface area contributed by atoms with E-state index in [9.17, 15) is 0 Å². The van der Waals surface area contributed by atoms with Crippen LogP contribution in [0.15, 0.2) is 54.6 Å². The zero-order valence-electron chi connectivity index (χ0n) is 13.3. The number of nitrogens with one attached hydrogen (secondary N) is 1. The molecule has 112 valence electrons. The van der Waals surface area contributed by atoms with Gasteiger partial charge in [0.25, 0.3) is 0 Å². The summed E-state index contributed by atoms with van der Waals surface area (Å²) in [5.41, 5.74) is 3.93. The number of unbranched alkanes of at least 4 members (excludes halogenated alkanes) is 2. The standard InChI is InChI=1S/C20H27N/c1-3-4-6-9-17(2)21-16-18-12-14-20(15-13-18)19-10-7-5-8-11-19/h5,7-8,10-15,17,21H,3-4,6,9,16H2,1-2H3. The summed E-state index contributed by atoms with van der Waals surface area (Å²) < 4.78 is 0. The van der Waals surface area contributed by atoms with E-state index >= 15 is 0 Å². The van der Waals surface area contributed by atoms with Crippen molar-refractivity contribution in [3.05, 3.63) is 60.2 Å². The van der Waals surface area contributed by atoms with E-state index in [2.05, 4.69) is 73.8 Å². The molecule has 0 fully saturated rings. The minimum absolute atomic E-state index is 0.602. The third-order valence-electron chi connectivity index (χ3n) is 3.96. The number of benzene rings is 2. The highest BCUT2D eigenvalue weighted by atomic mass is 14.9. The predicted octanol–water partition coefficient (Wildman–Crippen LogP) is 5.41. The van der Waals surface area contributed by atoms with E-state index in [1.807, 2.05) is 0 Å². The van der Waals surface area contributed by atoms with Crippen LogP contribution in [0, 0.1) is 0 Å². The Morgan fingerprint density at radius 3 is 2.19 bits per heavy atom. The summed E-state index contributed by atoms with van der Waals surface area (Å²) >= 11 is 0. The molecule has 2 aromatic rings. The minimum atomic E-state index is 0.602. The maximum absolute atomic E-state index is 3.62. The fourth-order valence-corrected chi connectivity index (χ4v) is 2.54. The zero-order valence-corrected chi connectivity index (χ0v) is 13.3. The Kier molecular flexibility index (Phi) is 6.49. The van der Waals surface area contributed by atoms with Gasteiger partial charge in [0.1, 0.15) is 0 Å². The second-order valence-electron chi connectivity index (χ2n) is 5.84. The number of hydrogen-bond donors (Lipinski definition) is 1. The van der Waals surface area contributed by atoms with Gasteiger partial charge in [0.15, 0.2) is 0 Å². The molecule has 1 unspecified atom stereocenters. The first-order valence-corrected chi connectivity index (χ1v) is 8.17. The SMILES string of the molecule is CCCCCC(C)NCc1ccc(-c2ccccc2)cc1. The summed E-state index contributed by atoms with van der Waals surface area (Å²) in [7, 11) is 0. The van der Waals surface area contributed by atoms with Gasteiger partial charge in [-0.25, -0.2) is 0 Å². The van der Waals surface area contributed by atoms with Gasteiger partial charge in [-0.15, -0.1) is 0 Å². The largest absolute Gasteiger partial charge is 0.310 e. The molecule has 0 aliphatic heterocycles. The van der Waals surface area contributed by atoms with E-state index in [1.165, 1.54) is 42.4 Å². The normalized spacial score (nSPS) is 12.3. The second-order valence-corrected chi connectivity index (χ2v) is 5.84. The van der Waals surface area contributed by atoms with Crippen LogP contribution in [0.5, 0.6) is 0 Å².